The Morgan fingerprint density at radius 1 is 1.06 bits per heavy atom. The third-order valence-corrected chi connectivity index (χ3v) is 5.84. The summed E-state index contributed by atoms with van der Waals surface area (Å²) in [5, 5.41) is 11.9. The van der Waals surface area contributed by atoms with Crippen molar-refractivity contribution >= 4 is 57.9 Å². The molecule has 0 spiro atoms. The van der Waals surface area contributed by atoms with E-state index >= 15 is 0 Å². The maximum Gasteiger partial charge on any atom is 0.300 e. The summed E-state index contributed by atoms with van der Waals surface area (Å²) in [6, 6.07) is 11.8. The van der Waals surface area contributed by atoms with Crippen molar-refractivity contribution in [3.8, 4) is 5.75 Å². The number of pyridine rings is 1. The Balaban J connectivity index is 1.94. The second-order valence-corrected chi connectivity index (χ2v) is 8.16. The van der Waals surface area contributed by atoms with Crippen LogP contribution in [0, 0.1) is 0 Å². The molecular formula is C23H15Cl3N2O4. The molecule has 1 atom stereocenters. The van der Waals surface area contributed by atoms with Crippen molar-refractivity contribution in [2.24, 2.45) is 0 Å². The van der Waals surface area contributed by atoms with E-state index in [0.29, 0.717) is 16.3 Å². The van der Waals surface area contributed by atoms with Gasteiger partial charge < -0.3 is 9.84 Å². The fourth-order valence-corrected chi connectivity index (χ4v) is 4.37. The molecule has 1 unspecified atom stereocenters. The number of anilines is 1. The first-order valence-corrected chi connectivity index (χ1v) is 10.5. The minimum Gasteiger partial charge on any atom is -0.507 e. The number of hydrogen-bond donors (Lipinski definition) is 1. The second-order valence-electron chi connectivity index (χ2n) is 6.91. The highest BCUT2D eigenvalue weighted by Gasteiger charge is 2.47. The molecule has 1 fully saturated rings. The zero-order chi connectivity index (χ0) is 23.0. The largest absolute Gasteiger partial charge is 0.507 e. The van der Waals surface area contributed by atoms with Gasteiger partial charge in [0.2, 0.25) is 0 Å². The molecule has 162 valence electrons. The number of carbonyl (C=O) groups is 2. The maximum atomic E-state index is 13.1. The molecule has 3 aromatic rings. The van der Waals surface area contributed by atoms with Gasteiger partial charge in [0.1, 0.15) is 5.76 Å². The lowest BCUT2D eigenvalue weighted by molar-refractivity contribution is -0.132. The highest BCUT2D eigenvalue weighted by molar-refractivity contribution is 6.52. The van der Waals surface area contributed by atoms with E-state index in [1.165, 1.54) is 30.3 Å². The zero-order valence-corrected chi connectivity index (χ0v) is 18.8. The van der Waals surface area contributed by atoms with Crippen LogP contribution in [-0.2, 0) is 9.59 Å². The minimum absolute atomic E-state index is 0.116. The van der Waals surface area contributed by atoms with Gasteiger partial charge in [-0.05, 0) is 48.0 Å². The van der Waals surface area contributed by atoms with Gasteiger partial charge in [0, 0.05) is 28.7 Å². The number of aliphatic hydroxyl groups is 1. The number of hydrogen-bond acceptors (Lipinski definition) is 5. The smallest absolute Gasteiger partial charge is 0.300 e. The summed E-state index contributed by atoms with van der Waals surface area (Å²) in [6.07, 6.45) is 3.10. The quantitative estimate of drug-likeness (QED) is 0.290. The van der Waals surface area contributed by atoms with Crippen LogP contribution >= 0.6 is 34.8 Å². The van der Waals surface area contributed by atoms with Gasteiger partial charge in [-0.25, -0.2) is 0 Å². The number of carbonyl (C=O) groups excluding carboxylic acids is 2. The van der Waals surface area contributed by atoms with Gasteiger partial charge in [-0.2, -0.15) is 0 Å². The van der Waals surface area contributed by atoms with E-state index in [0.717, 1.165) is 0 Å². The molecule has 0 saturated carbocycles. The molecule has 0 radical (unpaired) electrons. The average molecular weight is 490 g/mol. The van der Waals surface area contributed by atoms with E-state index in [2.05, 4.69) is 4.98 Å². The molecule has 1 amide bonds. The summed E-state index contributed by atoms with van der Waals surface area (Å²) in [5.41, 5.74) is 1.03. The number of halogens is 3. The van der Waals surface area contributed by atoms with Crippen molar-refractivity contribution in [3.05, 3.63) is 92.7 Å². The maximum absolute atomic E-state index is 13.1. The Morgan fingerprint density at radius 3 is 2.28 bits per heavy atom. The summed E-state index contributed by atoms with van der Waals surface area (Å²) < 4.78 is 5.14. The van der Waals surface area contributed by atoms with Crippen molar-refractivity contribution in [1.29, 1.82) is 0 Å². The van der Waals surface area contributed by atoms with Crippen LogP contribution in [0.3, 0.4) is 0 Å². The molecule has 9 heteroatoms. The van der Waals surface area contributed by atoms with Gasteiger partial charge in [0.05, 0.1) is 28.8 Å². The topological polar surface area (TPSA) is 79.7 Å². The van der Waals surface area contributed by atoms with Gasteiger partial charge in [-0.1, -0.05) is 40.9 Å². The molecule has 2 aromatic carbocycles. The Kier molecular flexibility index (Phi) is 6.11. The van der Waals surface area contributed by atoms with Crippen molar-refractivity contribution in [2.75, 3.05) is 12.0 Å². The number of aromatic nitrogens is 1. The Bertz CT molecular complexity index is 1220. The number of Topliss-reactive ketones (excluding diaryl/α,β-unsaturated/α-hetero) is 1. The molecule has 1 aliphatic heterocycles. The molecule has 1 aromatic heterocycles. The van der Waals surface area contributed by atoms with E-state index in [9.17, 15) is 14.7 Å². The predicted molar refractivity (Wildman–Crippen MR) is 123 cm³/mol. The number of benzene rings is 2. The van der Waals surface area contributed by atoms with Gasteiger partial charge in [0.15, 0.2) is 5.75 Å². The molecule has 6 nitrogen and oxygen atoms in total. The van der Waals surface area contributed by atoms with Crippen LogP contribution < -0.4 is 9.64 Å². The Morgan fingerprint density at radius 2 is 1.72 bits per heavy atom. The van der Waals surface area contributed by atoms with Crippen LogP contribution in [0.1, 0.15) is 17.2 Å². The highest BCUT2D eigenvalue weighted by atomic mass is 35.5. The first-order chi connectivity index (χ1) is 15.3. The molecule has 4 rings (SSSR count). The number of ether oxygens (including phenoxy) is 1. The van der Waals surface area contributed by atoms with Gasteiger partial charge >= 0.3 is 0 Å². The summed E-state index contributed by atoms with van der Waals surface area (Å²) in [5.74, 6) is -1.83. The Labute approximate surface area is 198 Å². The third kappa shape index (κ3) is 3.81. The summed E-state index contributed by atoms with van der Waals surface area (Å²) in [7, 11) is 1.41. The van der Waals surface area contributed by atoms with Gasteiger partial charge in [-0.15, -0.1) is 0 Å². The number of rotatable bonds is 4. The second kappa shape index (κ2) is 8.82. The van der Waals surface area contributed by atoms with Crippen molar-refractivity contribution in [3.63, 3.8) is 0 Å². The molecule has 32 heavy (non-hydrogen) atoms. The lowest BCUT2D eigenvalue weighted by Crippen LogP contribution is -2.29. The molecule has 1 saturated heterocycles. The standard InChI is InChI=1S/C23H15Cl3N2O4/c1-32-22-16(25)9-13(10-17(22)26)20(29)18-19(12-3-2-8-27-11-12)28(23(31)21(18)30)15-6-4-14(24)5-7-15/h2-11,19,29H,1H3/b20-18+. The van der Waals surface area contributed by atoms with Gasteiger partial charge in [0.25, 0.3) is 11.7 Å². The molecule has 1 N–H and O–H groups in total. The first kappa shape index (κ1) is 22.1. The fourth-order valence-electron chi connectivity index (χ4n) is 3.60. The lowest BCUT2D eigenvalue weighted by Gasteiger charge is -2.25. The van der Waals surface area contributed by atoms with Crippen LogP contribution in [0.15, 0.2) is 66.5 Å². The average Bonchev–Trinajstić information content (AvgIpc) is 3.05. The number of ketones is 1. The highest BCUT2D eigenvalue weighted by Crippen LogP contribution is 2.43. The van der Waals surface area contributed by atoms with E-state index in [1.807, 2.05) is 0 Å². The van der Waals surface area contributed by atoms with Crippen LogP contribution in [0.25, 0.3) is 5.76 Å². The summed E-state index contributed by atoms with van der Waals surface area (Å²) in [4.78, 5) is 31.6. The first-order valence-electron chi connectivity index (χ1n) is 9.33. The summed E-state index contributed by atoms with van der Waals surface area (Å²) in [6.45, 7) is 0. The predicted octanol–water partition coefficient (Wildman–Crippen LogP) is 5.68. The van der Waals surface area contributed by atoms with Crippen molar-refractivity contribution < 1.29 is 19.4 Å². The van der Waals surface area contributed by atoms with Crippen LogP contribution in [-0.4, -0.2) is 28.9 Å². The third-order valence-electron chi connectivity index (χ3n) is 5.03. The van der Waals surface area contributed by atoms with Crippen molar-refractivity contribution in [2.45, 2.75) is 6.04 Å². The molecule has 2 heterocycles. The van der Waals surface area contributed by atoms with Crippen LogP contribution in [0.5, 0.6) is 5.75 Å². The van der Waals surface area contributed by atoms with Gasteiger partial charge in [-0.3, -0.25) is 19.5 Å². The molecule has 0 bridgehead atoms. The Hall–Kier alpha value is -3.06. The van der Waals surface area contributed by atoms with E-state index in [1.54, 1.807) is 42.6 Å². The fraction of sp³-hybridized carbons (Fsp3) is 0.0870. The van der Waals surface area contributed by atoms with E-state index in [-0.39, 0.29) is 26.9 Å². The zero-order valence-electron chi connectivity index (χ0n) is 16.6. The number of nitrogens with zero attached hydrogens (tertiary/aromatic N) is 2. The van der Waals surface area contributed by atoms with E-state index < -0.39 is 23.5 Å². The van der Waals surface area contributed by atoms with Crippen LogP contribution in [0.2, 0.25) is 15.1 Å². The number of methoxy groups -OCH3 is 1. The summed E-state index contributed by atoms with van der Waals surface area (Å²) >= 11 is 18.4. The minimum atomic E-state index is -0.926. The molecule has 1 aliphatic rings. The number of aliphatic hydroxyl groups excluding tert-OH is 1. The van der Waals surface area contributed by atoms with E-state index in [4.69, 9.17) is 39.5 Å². The molecule has 0 aliphatic carbocycles. The number of amides is 1. The normalized spacial score (nSPS) is 17.6. The lowest BCUT2D eigenvalue weighted by atomic mass is 9.96. The van der Waals surface area contributed by atoms with Crippen molar-refractivity contribution in [1.82, 2.24) is 4.98 Å². The monoisotopic (exact) mass is 488 g/mol. The SMILES string of the molecule is COc1c(Cl)cc(/C(O)=C2\C(=O)C(=O)N(c3ccc(Cl)cc3)C2c2cccnc2)cc1Cl. The van der Waals surface area contributed by atoms with Crippen LogP contribution in [0.4, 0.5) is 5.69 Å². The molecular weight excluding hydrogens is 475 g/mol.